The number of carbonyl (C=O) groups excluding carboxylic acids is 1. The van der Waals surface area contributed by atoms with Crippen LogP contribution in [0, 0.1) is 5.92 Å². The third kappa shape index (κ3) is 4.57. The van der Waals surface area contributed by atoms with E-state index in [0.717, 1.165) is 87.2 Å². The summed E-state index contributed by atoms with van der Waals surface area (Å²) in [6.45, 7) is 7.54. The van der Waals surface area contributed by atoms with E-state index in [0.29, 0.717) is 23.7 Å². The van der Waals surface area contributed by atoms with Crippen molar-refractivity contribution < 1.29 is 14.1 Å². The van der Waals surface area contributed by atoms with Crippen LogP contribution in [0.2, 0.25) is 0 Å². The normalized spacial score (nSPS) is 18.2. The zero-order valence-corrected chi connectivity index (χ0v) is 19.3. The van der Waals surface area contributed by atoms with Crippen molar-refractivity contribution in [3.63, 3.8) is 0 Å². The van der Waals surface area contributed by atoms with E-state index in [2.05, 4.69) is 27.5 Å². The second-order valence-electron chi connectivity index (χ2n) is 8.94. The molecular formula is C23H31N7O3. The molecule has 0 radical (unpaired) electrons. The van der Waals surface area contributed by atoms with Gasteiger partial charge in [0, 0.05) is 58.4 Å². The Hall–Kier alpha value is -3.01. The summed E-state index contributed by atoms with van der Waals surface area (Å²) in [6, 6.07) is 0.307. The molecule has 10 heteroatoms. The highest BCUT2D eigenvalue weighted by Crippen LogP contribution is 2.34. The molecule has 2 fully saturated rings. The second-order valence-corrected chi connectivity index (χ2v) is 8.94. The summed E-state index contributed by atoms with van der Waals surface area (Å²) in [7, 11) is 0. The predicted octanol–water partition coefficient (Wildman–Crippen LogP) is 2.89. The van der Waals surface area contributed by atoms with Gasteiger partial charge in [0.1, 0.15) is 0 Å². The van der Waals surface area contributed by atoms with Crippen LogP contribution in [0.15, 0.2) is 16.9 Å². The number of aryl methyl sites for hydroxylation is 1. The highest BCUT2D eigenvalue weighted by atomic mass is 16.5. The van der Waals surface area contributed by atoms with E-state index in [1.165, 1.54) is 0 Å². The number of pyridine rings is 1. The standard InChI is InChI=1S/C23H31N7O3/c1-3-30-22-18(14-25-30)21(26-17-6-10-32-11-7-17)19(13-24-22)23-27-20(28-33-23)12-16-4-8-29(9-5-16)15(2)31/h13-14,16-17H,3-12H2,1-2H3,(H,24,26). The lowest BCUT2D eigenvalue weighted by Crippen LogP contribution is -2.37. The van der Waals surface area contributed by atoms with Gasteiger partial charge in [-0.3, -0.25) is 4.79 Å². The van der Waals surface area contributed by atoms with Crippen molar-refractivity contribution in [2.24, 2.45) is 5.92 Å². The van der Waals surface area contributed by atoms with Crippen LogP contribution in [0.25, 0.3) is 22.5 Å². The van der Waals surface area contributed by atoms with E-state index in [-0.39, 0.29) is 5.91 Å². The van der Waals surface area contributed by atoms with Gasteiger partial charge < -0.3 is 19.5 Å². The number of rotatable bonds is 6. The Bertz CT molecular complexity index is 1110. The van der Waals surface area contributed by atoms with Crippen LogP contribution < -0.4 is 5.32 Å². The number of anilines is 1. The Morgan fingerprint density at radius 3 is 2.70 bits per heavy atom. The van der Waals surface area contributed by atoms with E-state index in [1.54, 1.807) is 13.1 Å². The number of aromatic nitrogens is 5. The Labute approximate surface area is 192 Å². The summed E-state index contributed by atoms with van der Waals surface area (Å²) < 4.78 is 13.1. The molecule has 0 atom stereocenters. The van der Waals surface area contributed by atoms with Gasteiger partial charge in [0.15, 0.2) is 11.5 Å². The molecule has 0 bridgehead atoms. The molecule has 0 spiro atoms. The maximum atomic E-state index is 11.6. The number of carbonyl (C=O) groups is 1. The number of fused-ring (bicyclic) bond motifs is 1. The number of nitrogens with one attached hydrogen (secondary N) is 1. The molecule has 1 N–H and O–H groups in total. The molecule has 3 aromatic rings. The highest BCUT2D eigenvalue weighted by Gasteiger charge is 2.25. The van der Waals surface area contributed by atoms with Crippen LogP contribution in [-0.4, -0.2) is 68.1 Å². The minimum absolute atomic E-state index is 0.147. The van der Waals surface area contributed by atoms with E-state index in [1.807, 2.05) is 15.8 Å². The lowest BCUT2D eigenvalue weighted by Gasteiger charge is -2.30. The minimum atomic E-state index is 0.147. The van der Waals surface area contributed by atoms with Crippen molar-refractivity contribution in [3.8, 4) is 11.5 Å². The van der Waals surface area contributed by atoms with Crippen molar-refractivity contribution in [1.29, 1.82) is 0 Å². The Morgan fingerprint density at radius 1 is 1.18 bits per heavy atom. The van der Waals surface area contributed by atoms with Crippen molar-refractivity contribution >= 4 is 22.6 Å². The maximum absolute atomic E-state index is 11.6. The Balaban J connectivity index is 1.39. The fourth-order valence-corrected chi connectivity index (χ4v) is 4.78. The molecule has 5 rings (SSSR count). The van der Waals surface area contributed by atoms with Crippen molar-refractivity contribution in [1.82, 2.24) is 29.8 Å². The van der Waals surface area contributed by atoms with Gasteiger partial charge in [0.2, 0.25) is 5.91 Å². The quantitative estimate of drug-likeness (QED) is 0.606. The number of nitrogens with zero attached hydrogens (tertiary/aromatic N) is 6. The first-order chi connectivity index (χ1) is 16.1. The lowest BCUT2D eigenvalue weighted by molar-refractivity contribution is -0.130. The molecule has 33 heavy (non-hydrogen) atoms. The molecule has 5 heterocycles. The first-order valence-corrected chi connectivity index (χ1v) is 11.9. The average molecular weight is 454 g/mol. The predicted molar refractivity (Wildman–Crippen MR) is 123 cm³/mol. The summed E-state index contributed by atoms with van der Waals surface area (Å²) in [6.07, 6.45) is 8.23. The zero-order chi connectivity index (χ0) is 22.8. The molecule has 1 amide bonds. The van der Waals surface area contributed by atoms with Crippen LogP contribution in [0.5, 0.6) is 0 Å². The molecule has 0 saturated carbocycles. The largest absolute Gasteiger partial charge is 0.381 e. The van der Waals surface area contributed by atoms with E-state index < -0.39 is 0 Å². The lowest BCUT2D eigenvalue weighted by atomic mass is 9.93. The van der Waals surface area contributed by atoms with Gasteiger partial charge in [-0.05, 0) is 38.5 Å². The molecular weight excluding hydrogens is 422 g/mol. The second kappa shape index (κ2) is 9.46. The van der Waals surface area contributed by atoms with Crippen molar-refractivity contribution in [2.75, 3.05) is 31.6 Å². The monoisotopic (exact) mass is 453 g/mol. The molecule has 10 nitrogen and oxygen atoms in total. The van der Waals surface area contributed by atoms with Gasteiger partial charge in [-0.1, -0.05) is 5.16 Å². The van der Waals surface area contributed by atoms with E-state index >= 15 is 0 Å². The summed E-state index contributed by atoms with van der Waals surface area (Å²) >= 11 is 0. The molecule has 0 aliphatic carbocycles. The number of hydrogen-bond donors (Lipinski definition) is 1. The zero-order valence-electron chi connectivity index (χ0n) is 19.3. The minimum Gasteiger partial charge on any atom is -0.381 e. The summed E-state index contributed by atoms with van der Waals surface area (Å²) in [5.41, 5.74) is 2.58. The number of ether oxygens (including phenoxy) is 1. The molecule has 0 unspecified atom stereocenters. The van der Waals surface area contributed by atoms with E-state index in [9.17, 15) is 4.79 Å². The molecule has 2 aliphatic rings. The number of likely N-dealkylation sites (tertiary alicyclic amines) is 1. The van der Waals surface area contributed by atoms with Crippen LogP contribution in [0.3, 0.4) is 0 Å². The third-order valence-electron chi connectivity index (χ3n) is 6.77. The van der Waals surface area contributed by atoms with Crippen molar-refractivity contribution in [3.05, 3.63) is 18.2 Å². The van der Waals surface area contributed by atoms with Gasteiger partial charge >= 0.3 is 0 Å². The fraction of sp³-hybridized carbons (Fsp3) is 0.609. The number of hydrogen-bond acceptors (Lipinski definition) is 8. The first kappa shape index (κ1) is 21.8. The molecule has 2 saturated heterocycles. The van der Waals surface area contributed by atoms with Crippen LogP contribution >= 0.6 is 0 Å². The van der Waals surface area contributed by atoms with E-state index in [4.69, 9.17) is 14.2 Å². The van der Waals surface area contributed by atoms with Gasteiger partial charge in [-0.15, -0.1) is 0 Å². The fourth-order valence-electron chi connectivity index (χ4n) is 4.78. The molecule has 3 aromatic heterocycles. The summed E-state index contributed by atoms with van der Waals surface area (Å²) in [5.74, 6) is 1.77. The molecule has 176 valence electrons. The van der Waals surface area contributed by atoms with Gasteiger partial charge in [0.25, 0.3) is 5.89 Å². The number of amides is 1. The van der Waals surface area contributed by atoms with Gasteiger partial charge in [0.05, 0.1) is 22.8 Å². The maximum Gasteiger partial charge on any atom is 0.261 e. The van der Waals surface area contributed by atoms with Crippen LogP contribution in [0.1, 0.15) is 45.4 Å². The van der Waals surface area contributed by atoms with Gasteiger partial charge in [-0.25, -0.2) is 9.67 Å². The Kier molecular flexibility index (Phi) is 6.26. The van der Waals surface area contributed by atoms with Crippen molar-refractivity contribution in [2.45, 2.75) is 58.5 Å². The summed E-state index contributed by atoms with van der Waals surface area (Å²) in [4.78, 5) is 22.9. The summed E-state index contributed by atoms with van der Waals surface area (Å²) in [5, 5.41) is 13.4. The molecule has 0 aromatic carbocycles. The van der Waals surface area contributed by atoms with Gasteiger partial charge in [-0.2, -0.15) is 10.1 Å². The third-order valence-corrected chi connectivity index (χ3v) is 6.77. The topological polar surface area (TPSA) is 111 Å². The smallest absolute Gasteiger partial charge is 0.261 e. The number of piperidine rings is 1. The van der Waals surface area contributed by atoms with Crippen LogP contribution in [0.4, 0.5) is 5.69 Å². The van der Waals surface area contributed by atoms with Crippen LogP contribution in [-0.2, 0) is 22.5 Å². The SMILES string of the molecule is CCn1ncc2c(NC3CCOCC3)c(-c3nc(CC4CCN(C(C)=O)CC4)no3)cnc21. The highest BCUT2D eigenvalue weighted by molar-refractivity contribution is 5.96. The average Bonchev–Trinajstić information content (AvgIpc) is 3.47. The first-order valence-electron chi connectivity index (χ1n) is 11.9. The Morgan fingerprint density at radius 2 is 1.97 bits per heavy atom. The molecule has 2 aliphatic heterocycles.